The first-order chi connectivity index (χ1) is 13.5. The summed E-state index contributed by atoms with van der Waals surface area (Å²) >= 11 is 11.8. The van der Waals surface area contributed by atoms with Crippen LogP contribution in [0.2, 0.25) is 10.0 Å². The van der Waals surface area contributed by atoms with Gasteiger partial charge in [0.05, 0.1) is 29.3 Å². The Bertz CT molecular complexity index is 881. The SMILES string of the molecule is N#Cc1ccccc1NC(=O)CCOC(=O)CCCOc1ccc(Cl)cc1Cl. The Morgan fingerprint density at radius 2 is 1.86 bits per heavy atom. The number of esters is 1. The Labute approximate surface area is 173 Å². The van der Waals surface area contributed by atoms with Crippen molar-refractivity contribution < 1.29 is 19.1 Å². The predicted octanol–water partition coefficient (Wildman–Crippen LogP) is 4.60. The molecule has 2 aromatic rings. The van der Waals surface area contributed by atoms with Gasteiger partial charge in [0.1, 0.15) is 18.4 Å². The predicted molar refractivity (Wildman–Crippen MR) is 107 cm³/mol. The topological polar surface area (TPSA) is 88.4 Å². The lowest BCUT2D eigenvalue weighted by atomic mass is 10.2. The van der Waals surface area contributed by atoms with Gasteiger partial charge in [0.25, 0.3) is 0 Å². The Hall–Kier alpha value is -2.75. The van der Waals surface area contributed by atoms with Crippen molar-refractivity contribution in [2.75, 3.05) is 18.5 Å². The maximum absolute atomic E-state index is 11.9. The highest BCUT2D eigenvalue weighted by Crippen LogP contribution is 2.27. The van der Waals surface area contributed by atoms with Crippen molar-refractivity contribution in [3.05, 3.63) is 58.1 Å². The molecule has 1 N–H and O–H groups in total. The fourth-order valence-corrected chi connectivity index (χ4v) is 2.69. The van der Waals surface area contributed by atoms with E-state index in [0.29, 0.717) is 40.1 Å². The van der Waals surface area contributed by atoms with Crippen molar-refractivity contribution in [1.29, 1.82) is 5.26 Å². The summed E-state index contributed by atoms with van der Waals surface area (Å²) in [4.78, 5) is 23.6. The quantitative estimate of drug-likeness (QED) is 0.473. The van der Waals surface area contributed by atoms with Crippen LogP contribution in [0.5, 0.6) is 5.75 Å². The summed E-state index contributed by atoms with van der Waals surface area (Å²) in [5, 5.41) is 12.5. The fourth-order valence-electron chi connectivity index (χ4n) is 2.22. The second kappa shape index (κ2) is 11.2. The number of halogens is 2. The molecule has 0 unspecified atom stereocenters. The molecule has 0 fully saturated rings. The molecule has 0 aliphatic rings. The maximum Gasteiger partial charge on any atom is 0.305 e. The third-order valence-electron chi connectivity index (χ3n) is 3.59. The second-order valence-electron chi connectivity index (χ2n) is 5.70. The number of anilines is 1. The van der Waals surface area contributed by atoms with Gasteiger partial charge in [0, 0.05) is 11.4 Å². The number of hydrogen-bond donors (Lipinski definition) is 1. The molecule has 28 heavy (non-hydrogen) atoms. The van der Waals surface area contributed by atoms with Crippen molar-refractivity contribution >= 4 is 40.8 Å². The summed E-state index contributed by atoms with van der Waals surface area (Å²) in [6.07, 6.45) is 0.603. The Balaban J connectivity index is 1.62. The monoisotopic (exact) mass is 420 g/mol. The normalized spacial score (nSPS) is 10.0. The van der Waals surface area contributed by atoms with Crippen molar-refractivity contribution in [3.63, 3.8) is 0 Å². The molecular formula is C20H18Cl2N2O4. The molecule has 0 heterocycles. The molecule has 0 aromatic heterocycles. The van der Waals surface area contributed by atoms with Crippen LogP contribution < -0.4 is 10.1 Å². The summed E-state index contributed by atoms with van der Waals surface area (Å²) in [6, 6.07) is 13.6. The molecule has 0 aliphatic heterocycles. The van der Waals surface area contributed by atoms with E-state index >= 15 is 0 Å². The van der Waals surface area contributed by atoms with Gasteiger partial charge < -0.3 is 14.8 Å². The van der Waals surface area contributed by atoms with Gasteiger partial charge in [-0.2, -0.15) is 5.26 Å². The van der Waals surface area contributed by atoms with Crippen molar-refractivity contribution in [3.8, 4) is 11.8 Å². The Morgan fingerprint density at radius 3 is 2.61 bits per heavy atom. The van der Waals surface area contributed by atoms with Gasteiger partial charge in [-0.3, -0.25) is 9.59 Å². The molecule has 146 valence electrons. The van der Waals surface area contributed by atoms with Crippen LogP contribution in [0.15, 0.2) is 42.5 Å². The lowest BCUT2D eigenvalue weighted by Crippen LogP contribution is -2.16. The fraction of sp³-hybridized carbons (Fsp3) is 0.250. The highest BCUT2D eigenvalue weighted by Gasteiger charge is 2.09. The lowest BCUT2D eigenvalue weighted by Gasteiger charge is -2.09. The molecule has 2 rings (SSSR count). The van der Waals surface area contributed by atoms with E-state index in [-0.39, 0.29) is 25.4 Å². The van der Waals surface area contributed by atoms with Gasteiger partial charge in [0.2, 0.25) is 5.91 Å². The van der Waals surface area contributed by atoms with E-state index in [9.17, 15) is 9.59 Å². The summed E-state index contributed by atoms with van der Waals surface area (Å²) < 4.78 is 10.5. The summed E-state index contributed by atoms with van der Waals surface area (Å²) in [6.45, 7) is 0.255. The van der Waals surface area contributed by atoms with E-state index in [2.05, 4.69) is 5.32 Å². The summed E-state index contributed by atoms with van der Waals surface area (Å²) in [5.41, 5.74) is 0.799. The molecule has 1 amide bonds. The van der Waals surface area contributed by atoms with Gasteiger partial charge in [-0.1, -0.05) is 35.3 Å². The van der Waals surface area contributed by atoms with Crippen LogP contribution in [-0.4, -0.2) is 25.1 Å². The molecule has 0 spiro atoms. The number of nitriles is 1. The van der Waals surface area contributed by atoms with Gasteiger partial charge in [-0.15, -0.1) is 0 Å². The van der Waals surface area contributed by atoms with Crippen LogP contribution in [-0.2, 0) is 14.3 Å². The largest absolute Gasteiger partial charge is 0.492 e. The standard InChI is InChI=1S/C20H18Cl2N2O4/c21-15-7-8-18(16(22)12-15)27-10-3-6-20(26)28-11-9-19(25)24-17-5-2-1-4-14(17)13-23/h1-2,4-5,7-8,12H,3,6,9-11H2,(H,24,25). The molecule has 0 atom stereocenters. The molecule has 8 heteroatoms. The van der Waals surface area contributed by atoms with Crippen molar-refractivity contribution in [2.24, 2.45) is 0 Å². The minimum atomic E-state index is -0.420. The third kappa shape index (κ3) is 7.10. The number of nitrogens with zero attached hydrogens (tertiary/aromatic N) is 1. The first-order valence-electron chi connectivity index (χ1n) is 8.52. The van der Waals surface area contributed by atoms with Crippen LogP contribution in [0.1, 0.15) is 24.8 Å². The number of ether oxygens (including phenoxy) is 2. The Morgan fingerprint density at radius 1 is 1.07 bits per heavy atom. The molecule has 0 radical (unpaired) electrons. The number of hydrogen-bond acceptors (Lipinski definition) is 5. The van der Waals surface area contributed by atoms with Gasteiger partial charge in [0.15, 0.2) is 0 Å². The van der Waals surface area contributed by atoms with Crippen LogP contribution in [0.25, 0.3) is 0 Å². The maximum atomic E-state index is 11.9. The second-order valence-corrected chi connectivity index (χ2v) is 6.55. The number of nitrogens with one attached hydrogen (secondary N) is 1. The van der Waals surface area contributed by atoms with Crippen molar-refractivity contribution in [2.45, 2.75) is 19.3 Å². The highest BCUT2D eigenvalue weighted by molar-refractivity contribution is 6.35. The minimum Gasteiger partial charge on any atom is -0.492 e. The van der Waals surface area contributed by atoms with Crippen LogP contribution in [0, 0.1) is 11.3 Å². The van der Waals surface area contributed by atoms with E-state index in [4.69, 9.17) is 37.9 Å². The minimum absolute atomic E-state index is 0.00237. The first-order valence-corrected chi connectivity index (χ1v) is 9.27. The van der Waals surface area contributed by atoms with Crippen molar-refractivity contribution in [1.82, 2.24) is 0 Å². The van der Waals surface area contributed by atoms with Crippen LogP contribution in [0.4, 0.5) is 5.69 Å². The van der Waals surface area contributed by atoms with E-state index in [1.165, 1.54) is 0 Å². The number of rotatable bonds is 9. The summed E-state index contributed by atoms with van der Waals surface area (Å²) in [5.74, 6) is -0.263. The molecule has 0 saturated heterocycles. The van der Waals surface area contributed by atoms with Gasteiger partial charge in [-0.05, 0) is 36.8 Å². The zero-order valence-corrected chi connectivity index (χ0v) is 16.4. The molecule has 0 aliphatic carbocycles. The molecule has 0 saturated carbocycles. The number of carbonyl (C=O) groups excluding carboxylic acids is 2. The van der Waals surface area contributed by atoms with E-state index in [1.807, 2.05) is 6.07 Å². The van der Waals surface area contributed by atoms with Gasteiger partial charge in [-0.25, -0.2) is 0 Å². The molecular weight excluding hydrogens is 403 g/mol. The van der Waals surface area contributed by atoms with E-state index in [1.54, 1.807) is 42.5 Å². The first kappa shape index (κ1) is 21.5. The highest BCUT2D eigenvalue weighted by atomic mass is 35.5. The third-order valence-corrected chi connectivity index (χ3v) is 4.12. The number of para-hydroxylation sites is 1. The van der Waals surface area contributed by atoms with Gasteiger partial charge >= 0.3 is 5.97 Å². The van der Waals surface area contributed by atoms with Crippen LogP contribution in [0.3, 0.4) is 0 Å². The van der Waals surface area contributed by atoms with Crippen LogP contribution >= 0.6 is 23.2 Å². The van der Waals surface area contributed by atoms with E-state index < -0.39 is 5.97 Å². The number of benzene rings is 2. The zero-order valence-electron chi connectivity index (χ0n) is 14.9. The summed E-state index contributed by atoms with van der Waals surface area (Å²) in [7, 11) is 0. The molecule has 0 bridgehead atoms. The Kier molecular flexibility index (Phi) is 8.60. The lowest BCUT2D eigenvalue weighted by molar-refractivity contribution is -0.144. The average molecular weight is 421 g/mol. The molecule has 6 nitrogen and oxygen atoms in total. The number of carbonyl (C=O) groups is 2. The number of amides is 1. The molecule has 2 aromatic carbocycles. The van der Waals surface area contributed by atoms with E-state index in [0.717, 1.165) is 0 Å². The smallest absolute Gasteiger partial charge is 0.305 e. The zero-order chi connectivity index (χ0) is 20.4. The average Bonchev–Trinajstić information content (AvgIpc) is 2.67.